The molecular weight excluding hydrogens is 330 g/mol. The third-order valence-corrected chi connectivity index (χ3v) is 6.16. The Hall–Kier alpha value is -1.43. The summed E-state index contributed by atoms with van der Waals surface area (Å²) in [5, 5.41) is 0. The van der Waals surface area contributed by atoms with Crippen LogP contribution in [0.1, 0.15) is 18.4 Å². The van der Waals surface area contributed by atoms with Crippen LogP contribution in [-0.2, 0) is 25.4 Å². The highest BCUT2D eigenvalue weighted by Crippen LogP contribution is 2.42. The molecule has 0 N–H and O–H groups in total. The number of amides is 1. The Labute approximate surface area is 155 Å². The van der Waals surface area contributed by atoms with Crippen molar-refractivity contribution in [3.63, 3.8) is 0 Å². The van der Waals surface area contributed by atoms with Gasteiger partial charge in [0.25, 0.3) is 0 Å². The average molecular weight is 359 g/mol. The zero-order valence-electron chi connectivity index (χ0n) is 15.4. The maximum absolute atomic E-state index is 12.7. The molecule has 4 rings (SSSR count). The Bertz CT molecular complexity index is 601. The van der Waals surface area contributed by atoms with Gasteiger partial charge in [-0.25, -0.2) is 0 Å². The van der Waals surface area contributed by atoms with Crippen molar-refractivity contribution in [2.75, 3.05) is 52.7 Å². The Balaban J connectivity index is 1.31. The quantitative estimate of drug-likeness (QED) is 0.781. The maximum Gasteiger partial charge on any atom is 0.227 e. The van der Waals surface area contributed by atoms with Gasteiger partial charge in [-0.15, -0.1) is 0 Å². The van der Waals surface area contributed by atoms with Gasteiger partial charge in [-0.3, -0.25) is 4.79 Å². The van der Waals surface area contributed by atoms with Crippen molar-refractivity contribution in [1.82, 2.24) is 4.90 Å². The monoisotopic (exact) mass is 359 g/mol. The summed E-state index contributed by atoms with van der Waals surface area (Å²) in [4.78, 5) is 14.8. The van der Waals surface area contributed by atoms with E-state index in [0.717, 1.165) is 57.9 Å². The van der Waals surface area contributed by atoms with Gasteiger partial charge in [-0.05, 0) is 24.3 Å². The summed E-state index contributed by atoms with van der Waals surface area (Å²) in [6, 6.07) is 9.99. The van der Waals surface area contributed by atoms with Crippen LogP contribution in [0.25, 0.3) is 0 Å². The molecule has 1 aromatic rings. The van der Waals surface area contributed by atoms with Crippen molar-refractivity contribution in [2.24, 2.45) is 17.3 Å². The lowest BCUT2D eigenvalue weighted by molar-refractivity contribution is -0.130. The lowest BCUT2D eigenvalue weighted by Gasteiger charge is -2.29. The summed E-state index contributed by atoms with van der Waals surface area (Å²) >= 11 is 0. The molecule has 0 spiro atoms. The molecule has 3 heterocycles. The zero-order valence-corrected chi connectivity index (χ0v) is 15.4. The standard InChI is InChI=1S/C21H29NO4/c23-20(10-17-4-2-1-3-5-17)22-11-19-13-26-16-21(19,14-22)15-25-12-18-6-8-24-9-7-18/h1-5,18-19H,6-16H2/t19-,21-/m1/s1. The lowest BCUT2D eigenvalue weighted by Crippen LogP contribution is -2.38. The molecule has 5 heteroatoms. The highest BCUT2D eigenvalue weighted by atomic mass is 16.5. The molecule has 0 unspecified atom stereocenters. The van der Waals surface area contributed by atoms with Crippen LogP contribution >= 0.6 is 0 Å². The summed E-state index contributed by atoms with van der Waals surface area (Å²) < 4.78 is 17.3. The topological polar surface area (TPSA) is 48.0 Å². The lowest BCUT2D eigenvalue weighted by atomic mass is 9.82. The first-order valence-corrected chi connectivity index (χ1v) is 9.80. The van der Waals surface area contributed by atoms with E-state index in [1.165, 1.54) is 0 Å². The SMILES string of the molecule is O=C(Cc1ccccc1)N1C[C@@H]2COC[C@]2(COCC2CCOCC2)C1. The molecule has 0 bridgehead atoms. The number of likely N-dealkylation sites (tertiary alicyclic amines) is 1. The first-order valence-electron chi connectivity index (χ1n) is 9.80. The fraction of sp³-hybridized carbons (Fsp3) is 0.667. The van der Waals surface area contributed by atoms with E-state index >= 15 is 0 Å². The fourth-order valence-corrected chi connectivity index (χ4v) is 4.45. The number of carbonyl (C=O) groups is 1. The van der Waals surface area contributed by atoms with Gasteiger partial charge >= 0.3 is 0 Å². The molecule has 0 radical (unpaired) electrons. The summed E-state index contributed by atoms with van der Waals surface area (Å²) in [6.45, 7) is 6.22. The molecule has 3 saturated heterocycles. The minimum Gasteiger partial charge on any atom is -0.381 e. The van der Waals surface area contributed by atoms with E-state index in [4.69, 9.17) is 14.2 Å². The Morgan fingerprint density at radius 2 is 2.00 bits per heavy atom. The second-order valence-corrected chi connectivity index (χ2v) is 8.08. The minimum atomic E-state index is -0.0164. The smallest absolute Gasteiger partial charge is 0.227 e. The molecule has 0 aromatic heterocycles. The molecule has 26 heavy (non-hydrogen) atoms. The van der Waals surface area contributed by atoms with Crippen LogP contribution in [0.5, 0.6) is 0 Å². The minimum absolute atomic E-state index is 0.0164. The van der Waals surface area contributed by atoms with E-state index in [1.54, 1.807) is 0 Å². The van der Waals surface area contributed by atoms with Crippen molar-refractivity contribution in [3.05, 3.63) is 35.9 Å². The molecular formula is C21H29NO4. The number of benzene rings is 1. The van der Waals surface area contributed by atoms with Crippen molar-refractivity contribution in [2.45, 2.75) is 19.3 Å². The number of fused-ring (bicyclic) bond motifs is 1. The number of ether oxygens (including phenoxy) is 3. The van der Waals surface area contributed by atoms with Crippen molar-refractivity contribution >= 4 is 5.91 Å². The van der Waals surface area contributed by atoms with E-state index in [9.17, 15) is 4.79 Å². The molecule has 2 atom stereocenters. The number of nitrogens with zero attached hydrogens (tertiary/aromatic N) is 1. The van der Waals surface area contributed by atoms with Gasteiger partial charge in [0.2, 0.25) is 5.91 Å². The predicted molar refractivity (Wildman–Crippen MR) is 97.8 cm³/mol. The first-order chi connectivity index (χ1) is 12.8. The van der Waals surface area contributed by atoms with Gasteiger partial charge in [-0.2, -0.15) is 0 Å². The van der Waals surface area contributed by atoms with Gasteiger partial charge in [-0.1, -0.05) is 30.3 Å². The first kappa shape index (κ1) is 18.0. The normalized spacial score (nSPS) is 29.1. The highest BCUT2D eigenvalue weighted by molar-refractivity contribution is 5.79. The summed E-state index contributed by atoms with van der Waals surface area (Å²) in [6.07, 6.45) is 2.66. The maximum atomic E-state index is 12.7. The summed E-state index contributed by atoms with van der Waals surface area (Å²) in [7, 11) is 0. The van der Waals surface area contributed by atoms with Crippen LogP contribution in [0.4, 0.5) is 0 Å². The molecule has 3 aliphatic rings. The number of carbonyl (C=O) groups excluding carboxylic acids is 1. The third-order valence-electron chi connectivity index (χ3n) is 6.16. The number of hydrogen-bond donors (Lipinski definition) is 0. The zero-order chi connectivity index (χ0) is 17.8. The fourth-order valence-electron chi connectivity index (χ4n) is 4.45. The van der Waals surface area contributed by atoms with E-state index in [2.05, 4.69) is 0 Å². The van der Waals surface area contributed by atoms with E-state index < -0.39 is 0 Å². The molecule has 142 valence electrons. The van der Waals surface area contributed by atoms with Crippen LogP contribution in [-0.4, -0.2) is 63.5 Å². The molecule has 0 aliphatic carbocycles. The van der Waals surface area contributed by atoms with Crippen LogP contribution in [0.3, 0.4) is 0 Å². The molecule has 3 fully saturated rings. The highest BCUT2D eigenvalue weighted by Gasteiger charge is 2.51. The summed E-state index contributed by atoms with van der Waals surface area (Å²) in [5.74, 6) is 1.23. The van der Waals surface area contributed by atoms with E-state index in [0.29, 0.717) is 31.5 Å². The van der Waals surface area contributed by atoms with E-state index in [1.807, 2.05) is 35.2 Å². The van der Waals surface area contributed by atoms with Gasteiger partial charge < -0.3 is 19.1 Å². The molecule has 3 aliphatic heterocycles. The molecule has 1 aromatic carbocycles. The third kappa shape index (κ3) is 3.95. The Morgan fingerprint density at radius 3 is 2.81 bits per heavy atom. The van der Waals surface area contributed by atoms with Gasteiger partial charge in [0.05, 0.1) is 26.2 Å². The molecule has 0 saturated carbocycles. The second kappa shape index (κ2) is 8.07. The average Bonchev–Trinajstić information content (AvgIpc) is 3.21. The van der Waals surface area contributed by atoms with Crippen molar-refractivity contribution < 1.29 is 19.0 Å². The van der Waals surface area contributed by atoms with Gasteiger partial charge in [0, 0.05) is 44.2 Å². The van der Waals surface area contributed by atoms with Crippen molar-refractivity contribution in [1.29, 1.82) is 0 Å². The summed E-state index contributed by atoms with van der Waals surface area (Å²) in [5.41, 5.74) is 1.06. The van der Waals surface area contributed by atoms with Gasteiger partial charge in [0.15, 0.2) is 0 Å². The number of hydrogen-bond acceptors (Lipinski definition) is 4. The molecule has 5 nitrogen and oxygen atoms in total. The predicted octanol–water partition coefficient (Wildman–Crippen LogP) is 2.15. The van der Waals surface area contributed by atoms with Gasteiger partial charge in [0.1, 0.15) is 0 Å². The van der Waals surface area contributed by atoms with Crippen LogP contribution in [0.2, 0.25) is 0 Å². The Kier molecular flexibility index (Phi) is 5.57. The van der Waals surface area contributed by atoms with E-state index in [-0.39, 0.29) is 11.3 Å². The molecule has 1 amide bonds. The second-order valence-electron chi connectivity index (χ2n) is 8.08. The van der Waals surface area contributed by atoms with Crippen LogP contribution in [0, 0.1) is 17.3 Å². The van der Waals surface area contributed by atoms with Crippen molar-refractivity contribution in [3.8, 4) is 0 Å². The van der Waals surface area contributed by atoms with Crippen LogP contribution < -0.4 is 0 Å². The number of rotatable bonds is 6. The van der Waals surface area contributed by atoms with Crippen LogP contribution in [0.15, 0.2) is 30.3 Å². The Morgan fingerprint density at radius 1 is 1.19 bits per heavy atom. The largest absolute Gasteiger partial charge is 0.381 e.